The van der Waals surface area contributed by atoms with Crippen LogP contribution in [0.4, 0.5) is 0 Å². The molecule has 0 aliphatic heterocycles. The number of H-pyrrole nitrogens is 1. The van der Waals surface area contributed by atoms with E-state index < -0.39 is 5.60 Å². The standard InChI is InChI=1S/C14H21N3OS/c1-9-4-5-11-12(6-9)17-13(16-11)19-10(2)7-14(3,18)8-15/h4-6,10,18H,7-8,15H2,1-3H3,(H,16,17). The summed E-state index contributed by atoms with van der Waals surface area (Å²) in [6.07, 6.45) is 0.643. The lowest BCUT2D eigenvalue weighted by atomic mass is 10.0. The number of nitrogens with zero attached hydrogens (tertiary/aromatic N) is 1. The van der Waals surface area contributed by atoms with Crippen molar-refractivity contribution in [3.63, 3.8) is 0 Å². The Balaban J connectivity index is 2.09. The smallest absolute Gasteiger partial charge is 0.166 e. The number of hydrogen-bond donors (Lipinski definition) is 3. The number of aryl methyl sites for hydroxylation is 1. The van der Waals surface area contributed by atoms with Crippen LogP contribution in [-0.2, 0) is 0 Å². The minimum absolute atomic E-state index is 0.250. The summed E-state index contributed by atoms with van der Waals surface area (Å²) in [7, 11) is 0. The average molecular weight is 279 g/mol. The fourth-order valence-electron chi connectivity index (χ4n) is 2.09. The maximum Gasteiger partial charge on any atom is 0.166 e. The summed E-state index contributed by atoms with van der Waals surface area (Å²) in [6, 6.07) is 6.17. The van der Waals surface area contributed by atoms with E-state index in [1.165, 1.54) is 5.56 Å². The summed E-state index contributed by atoms with van der Waals surface area (Å²) in [6.45, 7) is 6.19. The number of hydrogen-bond acceptors (Lipinski definition) is 4. The predicted molar refractivity (Wildman–Crippen MR) is 80.4 cm³/mol. The number of imidazole rings is 1. The number of nitrogens with two attached hydrogens (primary N) is 1. The van der Waals surface area contributed by atoms with Gasteiger partial charge in [0, 0.05) is 11.8 Å². The molecule has 0 aliphatic rings. The van der Waals surface area contributed by atoms with E-state index in [0.29, 0.717) is 6.42 Å². The van der Waals surface area contributed by atoms with Gasteiger partial charge in [0.05, 0.1) is 16.6 Å². The van der Waals surface area contributed by atoms with Crippen molar-refractivity contribution in [3.8, 4) is 0 Å². The normalized spacial score (nSPS) is 16.5. The van der Waals surface area contributed by atoms with Gasteiger partial charge in [-0.3, -0.25) is 0 Å². The zero-order valence-electron chi connectivity index (χ0n) is 11.6. The molecule has 1 aromatic carbocycles. The molecule has 104 valence electrons. The molecule has 2 atom stereocenters. The minimum Gasteiger partial charge on any atom is -0.389 e. The van der Waals surface area contributed by atoms with E-state index in [0.717, 1.165) is 16.2 Å². The van der Waals surface area contributed by atoms with E-state index in [1.54, 1.807) is 18.7 Å². The molecular weight excluding hydrogens is 258 g/mol. The number of aliphatic hydroxyl groups is 1. The Bertz CT molecular complexity index is 565. The highest BCUT2D eigenvalue weighted by atomic mass is 32.2. The molecule has 2 unspecified atom stereocenters. The molecule has 1 heterocycles. The minimum atomic E-state index is -0.810. The van der Waals surface area contributed by atoms with Gasteiger partial charge in [0.2, 0.25) is 0 Å². The van der Waals surface area contributed by atoms with Crippen molar-refractivity contribution in [3.05, 3.63) is 23.8 Å². The lowest BCUT2D eigenvalue weighted by Crippen LogP contribution is -2.36. The molecule has 19 heavy (non-hydrogen) atoms. The second-order valence-corrected chi connectivity index (χ2v) is 6.82. The van der Waals surface area contributed by atoms with Gasteiger partial charge in [-0.1, -0.05) is 24.8 Å². The van der Waals surface area contributed by atoms with Crippen molar-refractivity contribution in [2.45, 2.75) is 43.2 Å². The SMILES string of the molecule is Cc1ccc2nc(SC(C)CC(C)(O)CN)[nH]c2c1. The largest absolute Gasteiger partial charge is 0.389 e. The molecule has 5 heteroatoms. The molecule has 0 saturated carbocycles. The molecule has 4 nitrogen and oxygen atoms in total. The maximum atomic E-state index is 9.98. The number of aromatic amines is 1. The first-order chi connectivity index (χ1) is 8.89. The fraction of sp³-hybridized carbons (Fsp3) is 0.500. The van der Waals surface area contributed by atoms with Crippen molar-refractivity contribution in [1.82, 2.24) is 9.97 Å². The molecule has 0 radical (unpaired) electrons. The first-order valence-electron chi connectivity index (χ1n) is 6.45. The third-order valence-corrected chi connectivity index (χ3v) is 4.08. The first kappa shape index (κ1) is 14.4. The molecule has 2 rings (SSSR count). The summed E-state index contributed by atoms with van der Waals surface area (Å²) in [5, 5.41) is 11.1. The van der Waals surface area contributed by atoms with E-state index in [-0.39, 0.29) is 11.8 Å². The summed E-state index contributed by atoms with van der Waals surface area (Å²) in [5.74, 6) is 0. The molecule has 1 aromatic heterocycles. The Labute approximate surface area is 117 Å². The summed E-state index contributed by atoms with van der Waals surface area (Å²) in [4.78, 5) is 7.85. The molecule has 0 spiro atoms. The Hall–Kier alpha value is -1.04. The topological polar surface area (TPSA) is 74.9 Å². The van der Waals surface area contributed by atoms with Crippen molar-refractivity contribution in [1.29, 1.82) is 0 Å². The van der Waals surface area contributed by atoms with Gasteiger partial charge in [0.25, 0.3) is 0 Å². The van der Waals surface area contributed by atoms with E-state index in [2.05, 4.69) is 35.9 Å². The van der Waals surface area contributed by atoms with Gasteiger partial charge in [-0.15, -0.1) is 0 Å². The third kappa shape index (κ3) is 3.72. The number of nitrogens with one attached hydrogen (secondary N) is 1. The summed E-state index contributed by atoms with van der Waals surface area (Å²) in [5.41, 5.74) is 7.98. The quantitative estimate of drug-likeness (QED) is 0.735. The van der Waals surface area contributed by atoms with E-state index in [1.807, 2.05) is 6.07 Å². The van der Waals surface area contributed by atoms with Gasteiger partial charge in [0.15, 0.2) is 5.16 Å². The van der Waals surface area contributed by atoms with Crippen LogP contribution in [0.1, 0.15) is 25.8 Å². The Morgan fingerprint density at radius 1 is 1.53 bits per heavy atom. The van der Waals surface area contributed by atoms with Gasteiger partial charge in [0.1, 0.15) is 0 Å². The highest BCUT2D eigenvalue weighted by molar-refractivity contribution is 7.99. The number of rotatable bonds is 5. The number of thioether (sulfide) groups is 1. The summed E-state index contributed by atoms with van der Waals surface area (Å²) >= 11 is 1.64. The van der Waals surface area contributed by atoms with Crippen LogP contribution in [0.5, 0.6) is 0 Å². The predicted octanol–water partition coefficient (Wildman–Crippen LogP) is 2.45. The molecule has 2 aromatic rings. The van der Waals surface area contributed by atoms with Gasteiger partial charge < -0.3 is 15.8 Å². The molecule has 0 fully saturated rings. The second-order valence-electron chi connectivity index (χ2n) is 5.40. The maximum absolute atomic E-state index is 9.98. The Kier molecular flexibility index (Phi) is 4.18. The molecule has 4 N–H and O–H groups in total. The van der Waals surface area contributed by atoms with Crippen LogP contribution in [0, 0.1) is 6.92 Å². The lowest BCUT2D eigenvalue weighted by Gasteiger charge is -2.24. The van der Waals surface area contributed by atoms with Crippen molar-refractivity contribution in [2.24, 2.45) is 5.73 Å². The zero-order valence-corrected chi connectivity index (χ0v) is 12.4. The monoisotopic (exact) mass is 279 g/mol. The Morgan fingerprint density at radius 3 is 2.95 bits per heavy atom. The zero-order chi connectivity index (χ0) is 14.0. The average Bonchev–Trinajstić information content (AvgIpc) is 2.69. The van der Waals surface area contributed by atoms with E-state index in [4.69, 9.17) is 5.73 Å². The molecular formula is C14H21N3OS. The van der Waals surface area contributed by atoms with Gasteiger partial charge in [-0.2, -0.15) is 0 Å². The van der Waals surface area contributed by atoms with Crippen molar-refractivity contribution >= 4 is 22.8 Å². The fourth-order valence-corrected chi connectivity index (χ4v) is 3.23. The lowest BCUT2D eigenvalue weighted by molar-refractivity contribution is 0.0608. The Morgan fingerprint density at radius 2 is 2.26 bits per heavy atom. The van der Waals surface area contributed by atoms with Gasteiger partial charge >= 0.3 is 0 Å². The van der Waals surface area contributed by atoms with Crippen LogP contribution in [0.15, 0.2) is 23.4 Å². The van der Waals surface area contributed by atoms with E-state index >= 15 is 0 Å². The highest BCUT2D eigenvalue weighted by Gasteiger charge is 2.22. The van der Waals surface area contributed by atoms with Crippen LogP contribution in [0.25, 0.3) is 11.0 Å². The van der Waals surface area contributed by atoms with Crippen LogP contribution in [-0.4, -0.2) is 32.5 Å². The molecule has 0 bridgehead atoms. The van der Waals surface area contributed by atoms with Crippen molar-refractivity contribution < 1.29 is 5.11 Å². The molecule has 0 aliphatic carbocycles. The molecule has 0 amide bonds. The number of fused-ring (bicyclic) bond motifs is 1. The third-order valence-electron chi connectivity index (χ3n) is 3.10. The summed E-state index contributed by atoms with van der Waals surface area (Å²) < 4.78 is 0. The van der Waals surface area contributed by atoms with Crippen molar-refractivity contribution in [2.75, 3.05) is 6.54 Å². The molecule has 0 saturated heterocycles. The van der Waals surface area contributed by atoms with Crippen LogP contribution >= 0.6 is 11.8 Å². The van der Waals surface area contributed by atoms with Crippen LogP contribution in [0.3, 0.4) is 0 Å². The second kappa shape index (κ2) is 5.53. The van der Waals surface area contributed by atoms with Crippen LogP contribution < -0.4 is 5.73 Å². The highest BCUT2D eigenvalue weighted by Crippen LogP contribution is 2.28. The number of aromatic nitrogens is 2. The van der Waals surface area contributed by atoms with Gasteiger partial charge in [-0.25, -0.2) is 4.98 Å². The first-order valence-corrected chi connectivity index (χ1v) is 7.33. The van der Waals surface area contributed by atoms with E-state index in [9.17, 15) is 5.11 Å². The van der Waals surface area contributed by atoms with Crippen LogP contribution in [0.2, 0.25) is 0 Å². The number of benzene rings is 1. The van der Waals surface area contributed by atoms with Gasteiger partial charge in [-0.05, 0) is 38.0 Å².